The van der Waals surface area contributed by atoms with E-state index < -0.39 is 0 Å². The minimum absolute atomic E-state index is 0.120. The summed E-state index contributed by atoms with van der Waals surface area (Å²) < 4.78 is 11.2. The maximum atomic E-state index is 13.1. The molecule has 3 aromatic rings. The molecule has 0 aliphatic carbocycles. The zero-order valence-corrected chi connectivity index (χ0v) is 16.2. The molecular formula is C21H20ClN3O3. The third kappa shape index (κ3) is 3.73. The second-order valence-electron chi connectivity index (χ2n) is 6.68. The van der Waals surface area contributed by atoms with Gasteiger partial charge in [-0.05, 0) is 42.7 Å². The summed E-state index contributed by atoms with van der Waals surface area (Å²) >= 11 is 5.94. The number of carbonyl (C=O) groups is 1. The van der Waals surface area contributed by atoms with Crippen LogP contribution in [0.4, 0.5) is 0 Å². The Morgan fingerprint density at radius 2 is 2.11 bits per heavy atom. The van der Waals surface area contributed by atoms with E-state index in [2.05, 4.69) is 9.97 Å². The molecular weight excluding hydrogens is 378 g/mol. The fourth-order valence-electron chi connectivity index (χ4n) is 3.50. The van der Waals surface area contributed by atoms with Crippen molar-refractivity contribution in [3.63, 3.8) is 0 Å². The molecule has 2 aromatic heterocycles. The maximum absolute atomic E-state index is 13.1. The van der Waals surface area contributed by atoms with Gasteiger partial charge in [0.25, 0.3) is 5.91 Å². The molecule has 144 valence electrons. The van der Waals surface area contributed by atoms with E-state index in [9.17, 15) is 4.79 Å². The molecule has 0 bridgehead atoms. The number of hydrogen-bond acceptors (Lipinski definition) is 5. The average molecular weight is 398 g/mol. The van der Waals surface area contributed by atoms with E-state index in [0.29, 0.717) is 35.3 Å². The van der Waals surface area contributed by atoms with E-state index in [4.69, 9.17) is 20.8 Å². The zero-order valence-electron chi connectivity index (χ0n) is 15.5. The summed E-state index contributed by atoms with van der Waals surface area (Å²) in [6, 6.07) is 10.9. The number of methoxy groups -OCH3 is 1. The quantitative estimate of drug-likeness (QED) is 0.642. The summed E-state index contributed by atoms with van der Waals surface area (Å²) in [5, 5.41) is 0.702. The molecule has 1 atom stereocenters. The van der Waals surface area contributed by atoms with Gasteiger partial charge in [0, 0.05) is 24.2 Å². The molecule has 1 aromatic carbocycles. The third-order valence-corrected chi connectivity index (χ3v) is 5.11. The van der Waals surface area contributed by atoms with Crippen LogP contribution in [0, 0.1) is 0 Å². The summed E-state index contributed by atoms with van der Waals surface area (Å²) in [6.45, 7) is 0.649. The van der Waals surface area contributed by atoms with Crippen molar-refractivity contribution in [3.8, 4) is 5.88 Å². The maximum Gasteiger partial charge on any atom is 0.260 e. The first kappa shape index (κ1) is 18.5. The molecule has 0 spiro atoms. The summed E-state index contributed by atoms with van der Waals surface area (Å²) in [7, 11) is 1.51. The lowest BCUT2D eigenvalue weighted by Gasteiger charge is -2.22. The van der Waals surface area contributed by atoms with Crippen molar-refractivity contribution >= 4 is 17.5 Å². The van der Waals surface area contributed by atoms with Gasteiger partial charge in [0.05, 0.1) is 13.3 Å². The van der Waals surface area contributed by atoms with Crippen LogP contribution in [-0.4, -0.2) is 34.4 Å². The molecule has 1 amide bonds. The van der Waals surface area contributed by atoms with Crippen LogP contribution in [0.1, 0.15) is 46.5 Å². The van der Waals surface area contributed by atoms with E-state index >= 15 is 0 Å². The number of halogens is 1. The van der Waals surface area contributed by atoms with Crippen LogP contribution in [0.3, 0.4) is 0 Å². The normalized spacial score (nSPS) is 16.4. The Morgan fingerprint density at radius 3 is 2.89 bits per heavy atom. The lowest BCUT2D eigenvalue weighted by molar-refractivity contribution is 0.0710. The number of ether oxygens (including phenoxy) is 1. The number of pyridine rings is 1. The summed E-state index contributed by atoms with van der Waals surface area (Å²) in [4.78, 5) is 23.4. The molecule has 7 heteroatoms. The molecule has 0 saturated carbocycles. The van der Waals surface area contributed by atoms with Gasteiger partial charge in [0.15, 0.2) is 0 Å². The zero-order chi connectivity index (χ0) is 19.5. The highest BCUT2D eigenvalue weighted by Crippen LogP contribution is 2.34. The van der Waals surface area contributed by atoms with Crippen LogP contribution >= 0.6 is 11.6 Å². The van der Waals surface area contributed by atoms with Gasteiger partial charge in [-0.3, -0.25) is 4.79 Å². The molecule has 1 fully saturated rings. The second-order valence-corrected chi connectivity index (χ2v) is 7.12. The predicted octanol–water partition coefficient (Wildman–Crippen LogP) is 4.30. The first-order valence-corrected chi connectivity index (χ1v) is 9.52. The van der Waals surface area contributed by atoms with E-state index in [1.807, 2.05) is 24.3 Å². The summed E-state index contributed by atoms with van der Waals surface area (Å²) in [5.74, 6) is 1.53. The monoisotopic (exact) mass is 397 g/mol. The molecule has 28 heavy (non-hydrogen) atoms. The van der Waals surface area contributed by atoms with Crippen molar-refractivity contribution in [1.82, 2.24) is 14.9 Å². The average Bonchev–Trinajstić information content (AvgIpc) is 3.38. The van der Waals surface area contributed by atoms with Crippen LogP contribution < -0.4 is 4.74 Å². The number of benzene rings is 1. The highest BCUT2D eigenvalue weighted by atomic mass is 35.5. The van der Waals surface area contributed by atoms with E-state index in [0.717, 1.165) is 24.2 Å². The number of rotatable bonds is 5. The van der Waals surface area contributed by atoms with Gasteiger partial charge in [-0.15, -0.1) is 0 Å². The van der Waals surface area contributed by atoms with Gasteiger partial charge in [-0.25, -0.2) is 9.97 Å². The molecule has 6 nitrogen and oxygen atoms in total. The first-order chi connectivity index (χ1) is 13.7. The molecule has 0 N–H and O–H groups in total. The molecule has 1 saturated heterocycles. The number of hydrogen-bond donors (Lipinski definition) is 0. The summed E-state index contributed by atoms with van der Waals surface area (Å²) in [6.07, 6.45) is 5.67. The molecule has 1 aliphatic heterocycles. The van der Waals surface area contributed by atoms with Crippen LogP contribution in [-0.2, 0) is 6.42 Å². The van der Waals surface area contributed by atoms with Crippen molar-refractivity contribution in [2.24, 2.45) is 0 Å². The van der Waals surface area contributed by atoms with Gasteiger partial charge in [0.2, 0.25) is 11.8 Å². The summed E-state index contributed by atoms with van der Waals surface area (Å²) in [5.41, 5.74) is 1.54. The Hall–Kier alpha value is -2.86. The van der Waals surface area contributed by atoms with Gasteiger partial charge in [-0.1, -0.05) is 23.7 Å². The Morgan fingerprint density at radius 1 is 1.29 bits per heavy atom. The largest absolute Gasteiger partial charge is 0.480 e. The van der Waals surface area contributed by atoms with Crippen LogP contribution in [0.15, 0.2) is 53.2 Å². The van der Waals surface area contributed by atoms with Crippen LogP contribution in [0.5, 0.6) is 5.88 Å². The van der Waals surface area contributed by atoms with E-state index in [-0.39, 0.29) is 11.9 Å². The first-order valence-electron chi connectivity index (χ1n) is 9.14. The number of aromatic nitrogens is 2. The molecule has 1 aliphatic rings. The fourth-order valence-corrected chi connectivity index (χ4v) is 3.63. The molecule has 4 rings (SSSR count). The third-order valence-electron chi connectivity index (χ3n) is 4.86. The van der Waals surface area contributed by atoms with Crippen LogP contribution in [0.2, 0.25) is 5.02 Å². The molecule has 0 radical (unpaired) electrons. The topological polar surface area (TPSA) is 68.5 Å². The van der Waals surface area contributed by atoms with Crippen molar-refractivity contribution in [1.29, 1.82) is 0 Å². The predicted molar refractivity (Wildman–Crippen MR) is 105 cm³/mol. The number of oxazole rings is 1. The lowest BCUT2D eigenvalue weighted by Crippen LogP contribution is -2.31. The molecule has 0 unspecified atom stereocenters. The Bertz CT molecular complexity index is 971. The van der Waals surface area contributed by atoms with Gasteiger partial charge < -0.3 is 14.1 Å². The minimum Gasteiger partial charge on any atom is -0.480 e. The standard InChI is InChI=1S/C21H20ClN3O3/c1-27-19-17(4-2-10-23-19)21(26)25-11-3-5-18(25)20-24-13-16(28-20)12-14-6-8-15(22)9-7-14/h2,4,6-10,13,18H,3,5,11-12H2,1H3/t18-/m0/s1. The number of likely N-dealkylation sites (tertiary alicyclic amines) is 1. The van der Waals surface area contributed by atoms with Crippen molar-refractivity contribution in [2.45, 2.75) is 25.3 Å². The number of amides is 1. The van der Waals surface area contributed by atoms with Crippen molar-refractivity contribution in [2.75, 3.05) is 13.7 Å². The second kappa shape index (κ2) is 8.02. The SMILES string of the molecule is COc1ncccc1C(=O)N1CCC[C@H]1c1ncc(Cc2ccc(Cl)cc2)o1. The van der Waals surface area contributed by atoms with Crippen molar-refractivity contribution in [3.05, 3.63) is 76.6 Å². The van der Waals surface area contributed by atoms with Gasteiger partial charge in [-0.2, -0.15) is 0 Å². The minimum atomic E-state index is -0.184. The smallest absolute Gasteiger partial charge is 0.260 e. The lowest BCUT2D eigenvalue weighted by atomic mass is 10.1. The van der Waals surface area contributed by atoms with E-state index in [1.54, 1.807) is 29.4 Å². The Labute approximate surface area is 168 Å². The van der Waals surface area contributed by atoms with Gasteiger partial charge in [0.1, 0.15) is 17.4 Å². The van der Waals surface area contributed by atoms with Gasteiger partial charge >= 0.3 is 0 Å². The Kier molecular flexibility index (Phi) is 5.30. The van der Waals surface area contributed by atoms with Crippen LogP contribution in [0.25, 0.3) is 0 Å². The fraction of sp³-hybridized carbons (Fsp3) is 0.286. The Balaban J connectivity index is 1.53. The molecule has 3 heterocycles. The highest BCUT2D eigenvalue weighted by Gasteiger charge is 2.35. The number of carbonyl (C=O) groups excluding carboxylic acids is 1. The van der Waals surface area contributed by atoms with Crippen molar-refractivity contribution < 1.29 is 13.9 Å². The number of nitrogens with zero attached hydrogens (tertiary/aromatic N) is 3. The van der Waals surface area contributed by atoms with E-state index in [1.165, 1.54) is 7.11 Å². The highest BCUT2D eigenvalue weighted by molar-refractivity contribution is 6.30.